The zero-order valence-electron chi connectivity index (χ0n) is 13.5. The van der Waals surface area contributed by atoms with Crippen LogP contribution in [0.5, 0.6) is 0 Å². The van der Waals surface area contributed by atoms with Gasteiger partial charge in [-0.25, -0.2) is 4.98 Å². The van der Waals surface area contributed by atoms with Gasteiger partial charge in [0, 0.05) is 31.3 Å². The molecule has 7 nitrogen and oxygen atoms in total. The SMILES string of the molecule is O=C(CC1COCCN1)Nc1ccc2nc(C3CCCO3)[nH]c2c1. The van der Waals surface area contributed by atoms with Crippen LogP contribution in [0, 0.1) is 0 Å². The molecule has 2 aromatic rings. The van der Waals surface area contributed by atoms with Gasteiger partial charge in [-0.15, -0.1) is 0 Å². The number of H-pyrrole nitrogens is 1. The summed E-state index contributed by atoms with van der Waals surface area (Å²) in [7, 11) is 0. The Bertz CT molecular complexity index is 718. The molecular formula is C17H22N4O3. The van der Waals surface area contributed by atoms with Gasteiger partial charge >= 0.3 is 0 Å². The molecule has 0 saturated carbocycles. The molecule has 2 atom stereocenters. The second kappa shape index (κ2) is 6.88. The van der Waals surface area contributed by atoms with Gasteiger partial charge in [0.05, 0.1) is 24.2 Å². The number of anilines is 1. The average molecular weight is 330 g/mol. The predicted molar refractivity (Wildman–Crippen MR) is 89.9 cm³/mol. The van der Waals surface area contributed by atoms with Crippen LogP contribution < -0.4 is 10.6 Å². The maximum atomic E-state index is 12.2. The third-order valence-corrected chi connectivity index (χ3v) is 4.45. The van der Waals surface area contributed by atoms with Gasteiger partial charge in [-0.3, -0.25) is 4.79 Å². The molecule has 2 saturated heterocycles. The topological polar surface area (TPSA) is 88.3 Å². The summed E-state index contributed by atoms with van der Waals surface area (Å²) >= 11 is 0. The number of benzene rings is 1. The van der Waals surface area contributed by atoms with Gasteiger partial charge in [-0.05, 0) is 31.0 Å². The summed E-state index contributed by atoms with van der Waals surface area (Å²) in [4.78, 5) is 20.1. The molecule has 0 radical (unpaired) electrons. The quantitative estimate of drug-likeness (QED) is 0.794. The number of rotatable bonds is 4. The van der Waals surface area contributed by atoms with Crippen LogP contribution in [0.1, 0.15) is 31.2 Å². The zero-order chi connectivity index (χ0) is 16.4. The number of aromatic amines is 1. The van der Waals surface area contributed by atoms with E-state index in [2.05, 4.69) is 20.6 Å². The summed E-state index contributed by atoms with van der Waals surface area (Å²) in [6, 6.07) is 5.80. The van der Waals surface area contributed by atoms with E-state index in [0.717, 1.165) is 48.5 Å². The first-order chi connectivity index (χ1) is 11.8. The van der Waals surface area contributed by atoms with Crippen LogP contribution in [-0.4, -0.2) is 48.3 Å². The fraction of sp³-hybridized carbons (Fsp3) is 0.529. The van der Waals surface area contributed by atoms with Crippen molar-refractivity contribution in [2.45, 2.75) is 31.4 Å². The molecule has 7 heteroatoms. The summed E-state index contributed by atoms with van der Waals surface area (Å²) in [5, 5.41) is 6.23. The highest BCUT2D eigenvalue weighted by atomic mass is 16.5. The Morgan fingerprint density at radius 3 is 3.12 bits per heavy atom. The third-order valence-electron chi connectivity index (χ3n) is 4.45. The minimum atomic E-state index is -0.0174. The van der Waals surface area contributed by atoms with Crippen LogP contribution in [0.25, 0.3) is 11.0 Å². The normalized spacial score (nSPS) is 24.3. The maximum absolute atomic E-state index is 12.2. The van der Waals surface area contributed by atoms with Crippen molar-refractivity contribution < 1.29 is 14.3 Å². The van der Waals surface area contributed by atoms with E-state index in [1.54, 1.807) is 0 Å². The van der Waals surface area contributed by atoms with Gasteiger partial charge in [-0.2, -0.15) is 0 Å². The van der Waals surface area contributed by atoms with Crippen LogP contribution in [-0.2, 0) is 14.3 Å². The van der Waals surface area contributed by atoms with E-state index in [4.69, 9.17) is 9.47 Å². The summed E-state index contributed by atoms with van der Waals surface area (Å²) < 4.78 is 11.0. The van der Waals surface area contributed by atoms with Gasteiger partial charge in [0.1, 0.15) is 11.9 Å². The Morgan fingerprint density at radius 2 is 2.33 bits per heavy atom. The molecule has 1 aromatic heterocycles. The lowest BCUT2D eigenvalue weighted by molar-refractivity contribution is -0.117. The maximum Gasteiger partial charge on any atom is 0.226 e. The number of nitrogens with zero attached hydrogens (tertiary/aromatic N) is 1. The van der Waals surface area contributed by atoms with Crippen molar-refractivity contribution in [3.63, 3.8) is 0 Å². The van der Waals surface area contributed by atoms with E-state index in [-0.39, 0.29) is 18.1 Å². The zero-order valence-corrected chi connectivity index (χ0v) is 13.5. The third kappa shape index (κ3) is 3.43. The molecule has 0 bridgehead atoms. The molecule has 1 aromatic carbocycles. The first-order valence-corrected chi connectivity index (χ1v) is 8.50. The minimum Gasteiger partial charge on any atom is -0.378 e. The number of aromatic nitrogens is 2. The second-order valence-electron chi connectivity index (χ2n) is 6.33. The molecule has 2 aliphatic rings. The van der Waals surface area contributed by atoms with Crippen molar-refractivity contribution in [2.75, 3.05) is 31.7 Å². The van der Waals surface area contributed by atoms with Crippen molar-refractivity contribution in [1.82, 2.24) is 15.3 Å². The Morgan fingerprint density at radius 1 is 1.38 bits per heavy atom. The number of hydrogen-bond donors (Lipinski definition) is 3. The van der Waals surface area contributed by atoms with Crippen molar-refractivity contribution in [2.24, 2.45) is 0 Å². The van der Waals surface area contributed by atoms with Crippen LogP contribution in [0.4, 0.5) is 5.69 Å². The smallest absolute Gasteiger partial charge is 0.226 e. The number of carbonyl (C=O) groups excluding carboxylic acids is 1. The molecular weight excluding hydrogens is 308 g/mol. The van der Waals surface area contributed by atoms with Gasteiger partial charge < -0.3 is 25.1 Å². The molecule has 2 aliphatic heterocycles. The molecule has 0 spiro atoms. The molecule has 2 unspecified atom stereocenters. The Hall–Kier alpha value is -1.96. The molecule has 24 heavy (non-hydrogen) atoms. The molecule has 1 amide bonds. The van der Waals surface area contributed by atoms with Crippen LogP contribution in [0.15, 0.2) is 18.2 Å². The van der Waals surface area contributed by atoms with E-state index < -0.39 is 0 Å². The minimum absolute atomic E-state index is 0.0174. The van der Waals surface area contributed by atoms with Crippen LogP contribution >= 0.6 is 0 Å². The Labute approximate surface area is 140 Å². The Balaban J connectivity index is 1.43. The Kier molecular flexibility index (Phi) is 4.46. The van der Waals surface area contributed by atoms with Gasteiger partial charge in [0.15, 0.2) is 0 Å². The summed E-state index contributed by atoms with van der Waals surface area (Å²) in [6.45, 7) is 2.88. The lowest BCUT2D eigenvalue weighted by Crippen LogP contribution is -2.43. The molecule has 3 N–H and O–H groups in total. The first-order valence-electron chi connectivity index (χ1n) is 8.50. The fourth-order valence-corrected chi connectivity index (χ4v) is 3.24. The summed E-state index contributed by atoms with van der Waals surface area (Å²) in [6.07, 6.45) is 2.54. The molecule has 128 valence electrons. The molecule has 3 heterocycles. The summed E-state index contributed by atoms with van der Waals surface area (Å²) in [5.74, 6) is 0.853. The van der Waals surface area contributed by atoms with Crippen LogP contribution in [0.3, 0.4) is 0 Å². The van der Waals surface area contributed by atoms with E-state index in [1.165, 1.54) is 0 Å². The molecule has 2 fully saturated rings. The van der Waals surface area contributed by atoms with E-state index in [9.17, 15) is 4.79 Å². The highest BCUT2D eigenvalue weighted by Crippen LogP contribution is 2.28. The van der Waals surface area contributed by atoms with Crippen molar-refractivity contribution >= 4 is 22.6 Å². The highest BCUT2D eigenvalue weighted by Gasteiger charge is 2.21. The number of imidazole rings is 1. The second-order valence-corrected chi connectivity index (χ2v) is 6.33. The number of hydrogen-bond acceptors (Lipinski definition) is 5. The summed E-state index contributed by atoms with van der Waals surface area (Å²) in [5.41, 5.74) is 2.57. The standard InChI is InChI=1S/C17H22N4O3/c22-16(9-12-10-23-7-5-18-12)19-11-3-4-13-14(8-11)21-17(20-13)15-2-1-6-24-15/h3-4,8,12,15,18H,1-2,5-7,9-10H2,(H,19,22)(H,20,21). The number of ether oxygens (including phenoxy) is 2. The number of fused-ring (bicyclic) bond motifs is 1. The average Bonchev–Trinajstić information content (AvgIpc) is 3.24. The molecule has 4 rings (SSSR count). The van der Waals surface area contributed by atoms with E-state index in [1.807, 2.05) is 18.2 Å². The monoisotopic (exact) mass is 330 g/mol. The number of amides is 1. The lowest BCUT2D eigenvalue weighted by atomic mass is 10.2. The van der Waals surface area contributed by atoms with Gasteiger partial charge in [0.25, 0.3) is 0 Å². The van der Waals surface area contributed by atoms with Gasteiger partial charge in [-0.1, -0.05) is 0 Å². The predicted octanol–water partition coefficient (Wildman–Crippen LogP) is 1.73. The van der Waals surface area contributed by atoms with Crippen LogP contribution in [0.2, 0.25) is 0 Å². The lowest BCUT2D eigenvalue weighted by Gasteiger charge is -2.23. The fourth-order valence-electron chi connectivity index (χ4n) is 3.24. The number of nitrogens with one attached hydrogen (secondary N) is 3. The number of carbonyl (C=O) groups is 1. The van der Waals surface area contributed by atoms with E-state index >= 15 is 0 Å². The van der Waals surface area contributed by atoms with Crippen molar-refractivity contribution in [3.05, 3.63) is 24.0 Å². The van der Waals surface area contributed by atoms with E-state index in [0.29, 0.717) is 19.6 Å². The number of morpholine rings is 1. The largest absolute Gasteiger partial charge is 0.378 e. The highest BCUT2D eigenvalue weighted by molar-refractivity contribution is 5.93. The van der Waals surface area contributed by atoms with Crippen molar-refractivity contribution in [1.29, 1.82) is 0 Å². The van der Waals surface area contributed by atoms with Gasteiger partial charge in [0.2, 0.25) is 5.91 Å². The molecule has 0 aliphatic carbocycles. The first kappa shape index (κ1) is 15.6. The van der Waals surface area contributed by atoms with Crippen molar-refractivity contribution in [3.8, 4) is 0 Å².